The number of nitrogens with one attached hydrogen (secondary N) is 1. The number of rotatable bonds is 4. The lowest BCUT2D eigenvalue weighted by Gasteiger charge is -2.03. The Morgan fingerprint density at radius 3 is 2.00 bits per heavy atom. The first-order valence-corrected chi connectivity index (χ1v) is 8.16. The van der Waals surface area contributed by atoms with Crippen LogP contribution < -0.4 is 0 Å². The van der Waals surface area contributed by atoms with Crippen molar-refractivity contribution in [3.63, 3.8) is 0 Å². The Morgan fingerprint density at radius 1 is 0.900 bits per heavy atom. The van der Waals surface area contributed by atoms with Crippen molar-refractivity contribution in [2.45, 2.75) is 0 Å². The number of amides is 1. The van der Waals surface area contributed by atoms with E-state index in [1.807, 2.05) is 0 Å². The van der Waals surface area contributed by atoms with Crippen molar-refractivity contribution in [2.24, 2.45) is 4.99 Å². The number of non-ortho nitro benzene ring substituents is 2. The maximum Gasteiger partial charge on any atom is 0.280 e. The van der Waals surface area contributed by atoms with Crippen molar-refractivity contribution in [3.8, 4) is 17.1 Å². The molecule has 0 unspecified atom stereocenters. The number of carbonyl (C=O) groups excluding carboxylic acids is 1. The van der Waals surface area contributed by atoms with Gasteiger partial charge in [-0.15, -0.1) is 0 Å². The van der Waals surface area contributed by atoms with Gasteiger partial charge in [0.2, 0.25) is 0 Å². The minimum Gasteiger partial charge on any atom is -0.494 e. The zero-order valence-corrected chi connectivity index (χ0v) is 14.6. The standard InChI is InChI=1S/C18H8F2N4O6/c19-11-3-1-7(23(27)28)5-9(11)15-13-14(18(26)21-15)16(22-17(13)25)10-6-8(24(29)30)2-4-12(10)20/h1-6,21,26H. The van der Waals surface area contributed by atoms with Crippen molar-refractivity contribution in [3.05, 3.63) is 85.0 Å². The van der Waals surface area contributed by atoms with E-state index < -0.39 is 50.2 Å². The fraction of sp³-hybridized carbons (Fsp3) is 0. The average Bonchev–Trinajstić information content (AvgIpc) is 3.21. The molecule has 1 aliphatic rings. The summed E-state index contributed by atoms with van der Waals surface area (Å²) in [6.45, 7) is 0. The predicted molar refractivity (Wildman–Crippen MR) is 97.5 cm³/mol. The van der Waals surface area contributed by atoms with E-state index in [9.17, 15) is 38.9 Å². The molecule has 0 saturated carbocycles. The second-order valence-corrected chi connectivity index (χ2v) is 6.21. The fourth-order valence-electron chi connectivity index (χ4n) is 3.17. The number of aromatic nitrogens is 1. The van der Waals surface area contributed by atoms with Crippen LogP contribution in [0.3, 0.4) is 0 Å². The highest BCUT2D eigenvalue weighted by Crippen LogP contribution is 2.40. The van der Waals surface area contributed by atoms with Gasteiger partial charge in [0.1, 0.15) is 11.6 Å². The molecular weight excluding hydrogens is 406 g/mol. The highest BCUT2D eigenvalue weighted by Gasteiger charge is 2.36. The summed E-state index contributed by atoms with van der Waals surface area (Å²) in [5.41, 5.74) is -3.06. The molecule has 2 heterocycles. The molecule has 2 aromatic carbocycles. The molecule has 0 spiro atoms. The first-order chi connectivity index (χ1) is 14.2. The van der Waals surface area contributed by atoms with Gasteiger partial charge in [0, 0.05) is 35.4 Å². The highest BCUT2D eigenvalue weighted by atomic mass is 19.1. The lowest BCUT2D eigenvalue weighted by atomic mass is 9.99. The van der Waals surface area contributed by atoms with Gasteiger partial charge in [0.15, 0.2) is 5.88 Å². The number of benzene rings is 2. The number of hydrogen-bond donors (Lipinski definition) is 2. The number of carbonyl (C=O) groups is 1. The Morgan fingerprint density at radius 2 is 1.43 bits per heavy atom. The molecule has 0 saturated heterocycles. The topological polar surface area (TPSA) is 152 Å². The Kier molecular flexibility index (Phi) is 4.12. The Hall–Kier alpha value is -4.48. The molecule has 0 bridgehead atoms. The summed E-state index contributed by atoms with van der Waals surface area (Å²) in [6.07, 6.45) is 0. The summed E-state index contributed by atoms with van der Waals surface area (Å²) >= 11 is 0. The summed E-state index contributed by atoms with van der Waals surface area (Å²) in [5, 5.41) is 32.3. The number of hydrogen-bond acceptors (Lipinski definition) is 6. The molecule has 10 nitrogen and oxygen atoms in total. The van der Waals surface area contributed by atoms with Gasteiger partial charge in [-0.25, -0.2) is 13.8 Å². The fourth-order valence-corrected chi connectivity index (χ4v) is 3.17. The monoisotopic (exact) mass is 414 g/mol. The molecule has 1 aromatic heterocycles. The van der Waals surface area contributed by atoms with E-state index in [-0.39, 0.29) is 28.1 Å². The van der Waals surface area contributed by atoms with E-state index in [4.69, 9.17) is 0 Å². The Bertz CT molecular complexity index is 1310. The highest BCUT2D eigenvalue weighted by molar-refractivity contribution is 6.30. The summed E-state index contributed by atoms with van der Waals surface area (Å²) < 4.78 is 28.7. The number of aliphatic imine (C=N–C) groups is 1. The van der Waals surface area contributed by atoms with Crippen molar-refractivity contribution in [1.82, 2.24) is 4.98 Å². The largest absolute Gasteiger partial charge is 0.494 e. The van der Waals surface area contributed by atoms with Crippen molar-refractivity contribution >= 4 is 23.0 Å². The third-order valence-corrected chi connectivity index (χ3v) is 4.49. The van der Waals surface area contributed by atoms with Crippen molar-refractivity contribution in [1.29, 1.82) is 0 Å². The second-order valence-electron chi connectivity index (χ2n) is 6.21. The molecule has 1 amide bonds. The maximum absolute atomic E-state index is 14.3. The van der Waals surface area contributed by atoms with E-state index in [1.165, 1.54) is 0 Å². The number of nitro benzene ring substituents is 2. The van der Waals surface area contributed by atoms with Crippen molar-refractivity contribution in [2.75, 3.05) is 0 Å². The summed E-state index contributed by atoms with van der Waals surface area (Å²) in [5.74, 6) is -3.53. The van der Waals surface area contributed by atoms with E-state index >= 15 is 0 Å². The summed E-state index contributed by atoms with van der Waals surface area (Å²) in [4.78, 5) is 39.0. The molecule has 1 aliphatic heterocycles. The van der Waals surface area contributed by atoms with Crippen LogP contribution in [0.4, 0.5) is 20.2 Å². The minimum absolute atomic E-state index is 0.291. The van der Waals surface area contributed by atoms with Crippen LogP contribution in [0.25, 0.3) is 11.3 Å². The zero-order valence-electron chi connectivity index (χ0n) is 14.6. The lowest BCUT2D eigenvalue weighted by molar-refractivity contribution is -0.385. The number of nitro groups is 2. The number of fused-ring (bicyclic) bond motifs is 1. The summed E-state index contributed by atoms with van der Waals surface area (Å²) in [7, 11) is 0. The molecule has 3 aromatic rings. The molecule has 12 heteroatoms. The molecule has 0 aliphatic carbocycles. The zero-order chi connectivity index (χ0) is 21.7. The van der Waals surface area contributed by atoms with Gasteiger partial charge in [0.25, 0.3) is 17.3 Å². The SMILES string of the molecule is O=C1N=C(c2cc([N+](=O)[O-])ccc2F)c2c(O)[nH]c(-c3cc([N+](=O)[O-])ccc3F)c21. The van der Waals surface area contributed by atoms with Gasteiger partial charge < -0.3 is 10.1 Å². The minimum atomic E-state index is -0.983. The van der Waals surface area contributed by atoms with Gasteiger partial charge in [-0.05, 0) is 12.1 Å². The van der Waals surface area contributed by atoms with Crippen LogP contribution in [-0.2, 0) is 0 Å². The molecule has 0 atom stereocenters. The van der Waals surface area contributed by atoms with Crippen LogP contribution in [0.5, 0.6) is 5.88 Å². The van der Waals surface area contributed by atoms with Crippen LogP contribution in [-0.4, -0.2) is 31.6 Å². The van der Waals surface area contributed by atoms with Crippen molar-refractivity contribution < 1.29 is 28.5 Å². The number of nitrogens with zero attached hydrogens (tertiary/aromatic N) is 3. The van der Waals surface area contributed by atoms with Crippen LogP contribution in [0.2, 0.25) is 0 Å². The number of H-pyrrole nitrogens is 1. The first-order valence-electron chi connectivity index (χ1n) is 8.16. The van der Waals surface area contributed by atoms with Crippen LogP contribution in [0.15, 0.2) is 41.4 Å². The molecule has 150 valence electrons. The van der Waals surface area contributed by atoms with Crippen LogP contribution in [0, 0.1) is 31.9 Å². The van der Waals surface area contributed by atoms with E-state index in [0.717, 1.165) is 36.4 Å². The van der Waals surface area contributed by atoms with Gasteiger partial charge in [-0.2, -0.15) is 0 Å². The average molecular weight is 414 g/mol. The first kappa shape index (κ1) is 18.9. The Balaban J connectivity index is 1.93. The van der Waals surface area contributed by atoms with E-state index in [0.29, 0.717) is 0 Å². The van der Waals surface area contributed by atoms with E-state index in [1.54, 1.807) is 0 Å². The van der Waals surface area contributed by atoms with Gasteiger partial charge >= 0.3 is 0 Å². The summed E-state index contributed by atoms with van der Waals surface area (Å²) in [6, 6.07) is 5.17. The van der Waals surface area contributed by atoms with Crippen LogP contribution >= 0.6 is 0 Å². The maximum atomic E-state index is 14.3. The van der Waals surface area contributed by atoms with Gasteiger partial charge in [-0.3, -0.25) is 25.0 Å². The number of halogens is 2. The molecule has 30 heavy (non-hydrogen) atoms. The number of aromatic amines is 1. The van der Waals surface area contributed by atoms with Crippen LogP contribution in [0.1, 0.15) is 21.5 Å². The van der Waals surface area contributed by atoms with Gasteiger partial charge in [-0.1, -0.05) is 0 Å². The Labute approximate surface area is 164 Å². The second kappa shape index (κ2) is 6.55. The normalized spacial score (nSPS) is 12.6. The third kappa shape index (κ3) is 2.78. The third-order valence-electron chi connectivity index (χ3n) is 4.49. The van der Waals surface area contributed by atoms with Gasteiger partial charge in [0.05, 0.1) is 32.4 Å². The number of aromatic hydroxyl groups is 1. The lowest BCUT2D eigenvalue weighted by Crippen LogP contribution is -2.04. The molecule has 0 fully saturated rings. The molecular formula is C18H8F2N4O6. The molecule has 4 rings (SSSR count). The molecule has 0 radical (unpaired) electrons. The predicted octanol–water partition coefficient (Wildman–Crippen LogP) is 3.47. The smallest absolute Gasteiger partial charge is 0.280 e. The van der Waals surface area contributed by atoms with E-state index in [2.05, 4.69) is 9.98 Å². The quantitative estimate of drug-likeness (QED) is 0.493. The molecule has 2 N–H and O–H groups in total.